The van der Waals surface area contributed by atoms with E-state index in [1.54, 1.807) is 6.07 Å². The van der Waals surface area contributed by atoms with Crippen molar-refractivity contribution in [1.82, 2.24) is 0 Å². The van der Waals surface area contributed by atoms with Crippen LogP contribution in [0.3, 0.4) is 0 Å². The quantitative estimate of drug-likeness (QED) is 0.376. The molecule has 0 aliphatic heterocycles. The largest absolute Gasteiger partial charge is 0.416 e. The Morgan fingerprint density at radius 1 is 0.774 bits per heavy atom. The minimum absolute atomic E-state index is 0.479. The molecule has 2 saturated carbocycles. The zero-order chi connectivity index (χ0) is 21.8. The SMILES string of the molecule is CCCCCCCC1CCC2CC(C3CCc4cc(C(F)(F)F)ccc4C3)CCC2C1. The highest BCUT2D eigenvalue weighted by molar-refractivity contribution is 5.35. The first-order valence-electron chi connectivity index (χ1n) is 13.1. The van der Waals surface area contributed by atoms with Crippen LogP contribution in [0.5, 0.6) is 0 Å². The number of alkyl halides is 3. The number of hydrogen-bond acceptors (Lipinski definition) is 0. The summed E-state index contributed by atoms with van der Waals surface area (Å²) in [5, 5.41) is 0. The molecule has 1 aromatic carbocycles. The summed E-state index contributed by atoms with van der Waals surface area (Å²) >= 11 is 0. The van der Waals surface area contributed by atoms with E-state index in [1.165, 1.54) is 94.7 Å². The third kappa shape index (κ3) is 5.88. The summed E-state index contributed by atoms with van der Waals surface area (Å²) in [7, 11) is 0. The maximum absolute atomic E-state index is 13.0. The number of rotatable bonds is 7. The summed E-state index contributed by atoms with van der Waals surface area (Å²) in [6.07, 6.45) is 15.6. The third-order valence-electron chi connectivity index (χ3n) is 8.94. The van der Waals surface area contributed by atoms with Crippen LogP contribution in [0.15, 0.2) is 18.2 Å². The van der Waals surface area contributed by atoms with Gasteiger partial charge in [-0.1, -0.05) is 57.9 Å². The molecule has 31 heavy (non-hydrogen) atoms. The van der Waals surface area contributed by atoms with Crippen LogP contribution in [0.2, 0.25) is 0 Å². The van der Waals surface area contributed by atoms with E-state index >= 15 is 0 Å². The van der Waals surface area contributed by atoms with Gasteiger partial charge in [0.25, 0.3) is 0 Å². The molecule has 0 saturated heterocycles. The van der Waals surface area contributed by atoms with Gasteiger partial charge in [0.15, 0.2) is 0 Å². The van der Waals surface area contributed by atoms with Crippen molar-refractivity contribution in [2.45, 2.75) is 109 Å². The number of benzene rings is 1. The van der Waals surface area contributed by atoms with Crippen molar-refractivity contribution >= 4 is 0 Å². The summed E-state index contributed by atoms with van der Waals surface area (Å²) in [5.74, 6) is 4.33. The molecule has 0 nitrogen and oxygen atoms in total. The molecular weight excluding hydrogens is 393 g/mol. The normalized spacial score (nSPS) is 31.2. The standard InChI is InChI=1S/C28H41F3/c1-2-3-4-5-6-7-20-8-9-22-17-23(11-10-21(22)16-20)24-12-13-26-19-27(28(29,30)31)15-14-25(26)18-24/h14-15,19-24H,2-13,16-18H2,1H3. The summed E-state index contributed by atoms with van der Waals surface area (Å²) in [6, 6.07) is 4.47. The van der Waals surface area contributed by atoms with Gasteiger partial charge >= 0.3 is 6.18 Å². The van der Waals surface area contributed by atoms with Crippen LogP contribution in [-0.4, -0.2) is 0 Å². The van der Waals surface area contributed by atoms with Crippen LogP contribution < -0.4 is 0 Å². The Labute approximate surface area is 187 Å². The highest BCUT2D eigenvalue weighted by Gasteiger charge is 2.39. The average molecular weight is 435 g/mol. The first-order valence-corrected chi connectivity index (χ1v) is 13.1. The van der Waals surface area contributed by atoms with Gasteiger partial charge in [-0.25, -0.2) is 0 Å². The molecule has 174 valence electrons. The molecule has 5 unspecified atom stereocenters. The molecule has 5 atom stereocenters. The summed E-state index contributed by atoms with van der Waals surface area (Å²) in [5.41, 5.74) is 1.64. The molecule has 0 radical (unpaired) electrons. The fourth-order valence-electron chi connectivity index (χ4n) is 7.11. The van der Waals surface area contributed by atoms with Crippen molar-refractivity contribution in [3.8, 4) is 0 Å². The van der Waals surface area contributed by atoms with E-state index in [0.29, 0.717) is 5.92 Å². The first kappa shape index (κ1) is 23.2. The van der Waals surface area contributed by atoms with Gasteiger partial charge in [0.2, 0.25) is 0 Å². The van der Waals surface area contributed by atoms with E-state index in [2.05, 4.69) is 6.92 Å². The Balaban J connectivity index is 1.26. The maximum Gasteiger partial charge on any atom is 0.416 e. The van der Waals surface area contributed by atoms with Crippen molar-refractivity contribution in [2.75, 3.05) is 0 Å². The van der Waals surface area contributed by atoms with Gasteiger partial charge in [0.1, 0.15) is 0 Å². The lowest BCUT2D eigenvalue weighted by Crippen LogP contribution is -2.35. The molecule has 3 aliphatic rings. The van der Waals surface area contributed by atoms with Gasteiger partial charge in [-0.15, -0.1) is 0 Å². The molecule has 0 bridgehead atoms. The minimum Gasteiger partial charge on any atom is -0.166 e. The third-order valence-corrected chi connectivity index (χ3v) is 8.94. The molecular formula is C28H41F3. The van der Waals surface area contributed by atoms with Crippen molar-refractivity contribution in [3.63, 3.8) is 0 Å². The minimum atomic E-state index is -4.22. The van der Waals surface area contributed by atoms with E-state index < -0.39 is 11.7 Å². The van der Waals surface area contributed by atoms with Crippen LogP contribution in [0, 0.1) is 29.6 Å². The van der Waals surface area contributed by atoms with E-state index in [-0.39, 0.29) is 0 Å². The second-order valence-corrected chi connectivity index (χ2v) is 11.0. The van der Waals surface area contributed by atoms with E-state index in [0.717, 1.165) is 48.5 Å². The second kappa shape index (κ2) is 10.3. The highest BCUT2D eigenvalue weighted by atomic mass is 19.4. The molecule has 3 heteroatoms. The Morgan fingerprint density at radius 2 is 1.48 bits per heavy atom. The van der Waals surface area contributed by atoms with Crippen molar-refractivity contribution in [2.24, 2.45) is 29.6 Å². The van der Waals surface area contributed by atoms with Gasteiger partial charge in [-0.05, 0) is 104 Å². The molecule has 0 amide bonds. The topological polar surface area (TPSA) is 0 Å². The van der Waals surface area contributed by atoms with Crippen LogP contribution in [0.1, 0.15) is 107 Å². The molecule has 1 aromatic rings. The summed E-state index contributed by atoms with van der Waals surface area (Å²) < 4.78 is 39.1. The van der Waals surface area contributed by atoms with E-state index in [9.17, 15) is 13.2 Å². The van der Waals surface area contributed by atoms with Gasteiger partial charge in [-0.3, -0.25) is 0 Å². The summed E-state index contributed by atoms with van der Waals surface area (Å²) in [4.78, 5) is 0. The lowest BCUT2D eigenvalue weighted by Gasteiger charge is -2.45. The molecule has 3 aliphatic carbocycles. The highest BCUT2D eigenvalue weighted by Crippen LogP contribution is 2.49. The summed E-state index contributed by atoms with van der Waals surface area (Å²) in [6.45, 7) is 2.29. The van der Waals surface area contributed by atoms with E-state index in [4.69, 9.17) is 0 Å². The molecule has 0 N–H and O–H groups in total. The van der Waals surface area contributed by atoms with Crippen LogP contribution in [-0.2, 0) is 19.0 Å². The fourth-order valence-corrected chi connectivity index (χ4v) is 7.11. The smallest absolute Gasteiger partial charge is 0.166 e. The molecule has 2 fully saturated rings. The number of unbranched alkanes of at least 4 members (excludes halogenated alkanes) is 4. The fraction of sp³-hybridized carbons (Fsp3) is 0.786. The molecule has 0 heterocycles. The van der Waals surface area contributed by atoms with Crippen LogP contribution >= 0.6 is 0 Å². The Morgan fingerprint density at radius 3 is 2.26 bits per heavy atom. The molecule has 4 rings (SSSR count). The number of aryl methyl sites for hydroxylation is 1. The Hall–Kier alpha value is -0.990. The van der Waals surface area contributed by atoms with Gasteiger partial charge in [0.05, 0.1) is 5.56 Å². The van der Waals surface area contributed by atoms with Crippen LogP contribution in [0.25, 0.3) is 0 Å². The second-order valence-electron chi connectivity index (χ2n) is 11.0. The Kier molecular flexibility index (Phi) is 7.70. The number of fused-ring (bicyclic) bond motifs is 2. The zero-order valence-corrected chi connectivity index (χ0v) is 19.4. The number of hydrogen-bond donors (Lipinski definition) is 0. The number of halogens is 3. The molecule has 0 aromatic heterocycles. The lowest BCUT2D eigenvalue weighted by molar-refractivity contribution is -0.137. The van der Waals surface area contributed by atoms with Gasteiger partial charge in [0, 0.05) is 0 Å². The van der Waals surface area contributed by atoms with Crippen molar-refractivity contribution in [3.05, 3.63) is 34.9 Å². The van der Waals surface area contributed by atoms with Crippen molar-refractivity contribution in [1.29, 1.82) is 0 Å². The maximum atomic E-state index is 13.0. The first-order chi connectivity index (χ1) is 14.9. The average Bonchev–Trinajstić information content (AvgIpc) is 2.77. The predicted octanol–water partition coefficient (Wildman–Crippen LogP) is 9.00. The monoisotopic (exact) mass is 434 g/mol. The van der Waals surface area contributed by atoms with Gasteiger partial charge in [-0.2, -0.15) is 13.2 Å². The predicted molar refractivity (Wildman–Crippen MR) is 122 cm³/mol. The lowest BCUT2D eigenvalue weighted by atomic mass is 9.61. The van der Waals surface area contributed by atoms with Crippen LogP contribution in [0.4, 0.5) is 13.2 Å². The Bertz CT molecular complexity index is 707. The zero-order valence-electron chi connectivity index (χ0n) is 19.4. The molecule has 0 spiro atoms. The van der Waals surface area contributed by atoms with Gasteiger partial charge < -0.3 is 0 Å². The van der Waals surface area contributed by atoms with Crippen molar-refractivity contribution < 1.29 is 13.2 Å². The van der Waals surface area contributed by atoms with E-state index in [1.807, 2.05) is 0 Å².